The van der Waals surface area contributed by atoms with E-state index >= 15 is 0 Å². The largest absolute Gasteiger partial charge is 0.458 e. The third-order valence-electron chi connectivity index (χ3n) is 6.28. The molecule has 2 aliphatic heterocycles. The Morgan fingerprint density at radius 3 is 2.44 bits per heavy atom. The zero-order valence-corrected chi connectivity index (χ0v) is 19.0. The van der Waals surface area contributed by atoms with Crippen molar-refractivity contribution in [3.8, 4) is 0 Å². The Kier molecular flexibility index (Phi) is 6.36. The van der Waals surface area contributed by atoms with Crippen molar-refractivity contribution in [2.45, 2.75) is 77.2 Å². The zero-order valence-electron chi connectivity index (χ0n) is 19.0. The molecule has 0 amide bonds. The molecule has 0 bridgehead atoms. The molecular weight excluding hydrogens is 420 g/mol. The van der Waals surface area contributed by atoms with Crippen LogP contribution < -0.4 is 0 Å². The highest BCUT2D eigenvalue weighted by Crippen LogP contribution is 2.45. The molecule has 0 spiro atoms. The topological polar surface area (TPSA) is 129 Å². The van der Waals surface area contributed by atoms with Crippen LogP contribution in [0.1, 0.15) is 41.0 Å². The molecule has 0 aromatic carbocycles. The van der Waals surface area contributed by atoms with E-state index in [1.165, 1.54) is 13.8 Å². The van der Waals surface area contributed by atoms with Gasteiger partial charge in [0.2, 0.25) is 0 Å². The SMILES string of the molecule is C=C(C)C(=O)OC1C2C(=C)C(=O)OC2CC(C)C2OC2C(=O)C(C)(O)C1OC(=O)C(C)C. The van der Waals surface area contributed by atoms with Gasteiger partial charge in [0.1, 0.15) is 12.2 Å². The summed E-state index contributed by atoms with van der Waals surface area (Å²) in [6.07, 6.45) is -4.91. The summed E-state index contributed by atoms with van der Waals surface area (Å²) in [5.41, 5.74) is -2.23. The summed E-state index contributed by atoms with van der Waals surface area (Å²) in [6, 6.07) is 0. The van der Waals surface area contributed by atoms with Gasteiger partial charge in [-0.05, 0) is 26.2 Å². The van der Waals surface area contributed by atoms with Crippen LogP contribution in [0.2, 0.25) is 0 Å². The molecule has 8 unspecified atom stereocenters. The Balaban J connectivity index is 2.15. The molecule has 2 saturated heterocycles. The predicted molar refractivity (Wildman–Crippen MR) is 110 cm³/mol. The Labute approximate surface area is 186 Å². The van der Waals surface area contributed by atoms with E-state index in [1.54, 1.807) is 13.8 Å². The summed E-state index contributed by atoms with van der Waals surface area (Å²) in [4.78, 5) is 50.7. The van der Waals surface area contributed by atoms with Crippen molar-refractivity contribution in [2.24, 2.45) is 17.8 Å². The summed E-state index contributed by atoms with van der Waals surface area (Å²) in [5.74, 6) is -4.67. The van der Waals surface area contributed by atoms with Crippen molar-refractivity contribution in [1.82, 2.24) is 0 Å². The molecule has 32 heavy (non-hydrogen) atoms. The number of ketones is 1. The fourth-order valence-corrected chi connectivity index (χ4v) is 4.26. The minimum Gasteiger partial charge on any atom is -0.458 e. The lowest BCUT2D eigenvalue weighted by Crippen LogP contribution is -2.60. The predicted octanol–water partition coefficient (Wildman–Crippen LogP) is 1.27. The van der Waals surface area contributed by atoms with Crippen LogP contribution in [0.15, 0.2) is 24.3 Å². The minimum atomic E-state index is -2.28. The van der Waals surface area contributed by atoms with Gasteiger partial charge in [0.05, 0.1) is 17.9 Å². The average molecular weight is 450 g/mol. The molecule has 9 heteroatoms. The molecule has 0 radical (unpaired) electrons. The van der Waals surface area contributed by atoms with Crippen LogP contribution in [0.4, 0.5) is 0 Å². The summed E-state index contributed by atoms with van der Waals surface area (Å²) in [5, 5.41) is 11.4. The highest BCUT2D eigenvalue weighted by atomic mass is 16.6. The van der Waals surface area contributed by atoms with E-state index in [4.69, 9.17) is 18.9 Å². The smallest absolute Gasteiger partial charge is 0.334 e. The number of rotatable bonds is 4. The van der Waals surface area contributed by atoms with Crippen molar-refractivity contribution < 1.29 is 43.2 Å². The fraction of sp³-hybridized carbons (Fsp3) is 0.652. The first-order chi connectivity index (χ1) is 14.8. The maximum atomic E-state index is 13.2. The van der Waals surface area contributed by atoms with Crippen LogP contribution in [0.3, 0.4) is 0 Å². The number of carbonyl (C=O) groups excluding carboxylic acids is 4. The quantitative estimate of drug-likeness (QED) is 0.291. The summed E-state index contributed by atoms with van der Waals surface area (Å²) in [7, 11) is 0. The van der Waals surface area contributed by atoms with E-state index in [0.29, 0.717) is 6.42 Å². The van der Waals surface area contributed by atoms with Gasteiger partial charge in [-0.1, -0.05) is 33.9 Å². The van der Waals surface area contributed by atoms with E-state index in [1.807, 2.05) is 6.92 Å². The Morgan fingerprint density at radius 2 is 1.88 bits per heavy atom. The Hall–Kier alpha value is -2.52. The van der Waals surface area contributed by atoms with E-state index < -0.39 is 71.6 Å². The molecule has 0 aromatic heterocycles. The average Bonchev–Trinajstić information content (AvgIpc) is 3.45. The number of carbonyl (C=O) groups is 4. The van der Waals surface area contributed by atoms with Gasteiger partial charge in [0.15, 0.2) is 23.6 Å². The van der Waals surface area contributed by atoms with Crippen LogP contribution in [-0.4, -0.2) is 64.9 Å². The number of ether oxygens (including phenoxy) is 4. The number of hydrogen-bond donors (Lipinski definition) is 1. The number of Topliss-reactive ketones (excluding diaryl/α,β-unsaturated/α-hetero) is 1. The fourth-order valence-electron chi connectivity index (χ4n) is 4.26. The second-order valence-corrected chi connectivity index (χ2v) is 9.40. The highest BCUT2D eigenvalue weighted by Gasteiger charge is 2.63. The van der Waals surface area contributed by atoms with Crippen molar-refractivity contribution >= 4 is 23.7 Å². The lowest BCUT2D eigenvalue weighted by atomic mass is 9.75. The molecule has 3 rings (SSSR count). The molecular formula is C23H30O9. The molecule has 1 N–H and O–H groups in total. The zero-order chi connectivity index (χ0) is 24.1. The maximum absolute atomic E-state index is 13.2. The second-order valence-electron chi connectivity index (χ2n) is 9.40. The van der Waals surface area contributed by atoms with Crippen molar-refractivity contribution in [1.29, 1.82) is 0 Å². The first kappa shape index (κ1) is 24.1. The third kappa shape index (κ3) is 4.23. The Morgan fingerprint density at radius 1 is 1.25 bits per heavy atom. The van der Waals surface area contributed by atoms with Crippen LogP contribution >= 0.6 is 0 Å². The summed E-state index contributed by atoms with van der Waals surface area (Å²) < 4.78 is 22.2. The molecule has 1 saturated carbocycles. The maximum Gasteiger partial charge on any atom is 0.334 e. The van der Waals surface area contributed by atoms with Crippen molar-refractivity contribution in [3.63, 3.8) is 0 Å². The van der Waals surface area contributed by atoms with Crippen LogP contribution in [0.5, 0.6) is 0 Å². The monoisotopic (exact) mass is 450 g/mol. The Bertz CT molecular complexity index is 871. The number of fused-ring (bicyclic) bond motifs is 2. The molecule has 3 aliphatic rings. The van der Waals surface area contributed by atoms with E-state index in [0.717, 1.165) is 0 Å². The van der Waals surface area contributed by atoms with Crippen LogP contribution in [0, 0.1) is 17.8 Å². The van der Waals surface area contributed by atoms with Gasteiger partial charge in [0.25, 0.3) is 0 Å². The molecule has 176 valence electrons. The van der Waals surface area contributed by atoms with Gasteiger partial charge < -0.3 is 24.1 Å². The van der Waals surface area contributed by atoms with Crippen LogP contribution in [0.25, 0.3) is 0 Å². The van der Waals surface area contributed by atoms with Crippen molar-refractivity contribution in [2.75, 3.05) is 0 Å². The molecule has 1 aliphatic carbocycles. The van der Waals surface area contributed by atoms with Gasteiger partial charge in [-0.25, -0.2) is 9.59 Å². The highest BCUT2D eigenvalue weighted by molar-refractivity contribution is 5.95. The second kappa shape index (κ2) is 8.44. The van der Waals surface area contributed by atoms with Gasteiger partial charge >= 0.3 is 17.9 Å². The van der Waals surface area contributed by atoms with Crippen LogP contribution in [-0.2, 0) is 38.1 Å². The molecule has 8 atom stereocenters. The number of esters is 3. The summed E-state index contributed by atoms with van der Waals surface area (Å²) in [6.45, 7) is 15.0. The van der Waals surface area contributed by atoms with E-state index in [2.05, 4.69) is 13.2 Å². The first-order valence-corrected chi connectivity index (χ1v) is 10.7. The molecule has 0 aromatic rings. The normalized spacial score (nSPS) is 39.0. The molecule has 2 heterocycles. The molecule has 9 nitrogen and oxygen atoms in total. The van der Waals surface area contributed by atoms with E-state index in [9.17, 15) is 24.3 Å². The van der Waals surface area contributed by atoms with Gasteiger partial charge in [-0.2, -0.15) is 0 Å². The number of hydrogen-bond acceptors (Lipinski definition) is 9. The van der Waals surface area contributed by atoms with E-state index in [-0.39, 0.29) is 17.1 Å². The van der Waals surface area contributed by atoms with Gasteiger partial charge in [0, 0.05) is 11.1 Å². The number of aliphatic hydroxyl groups is 1. The standard InChI is InChI=1S/C23H30O9/c1-9(2)20(25)31-16-14-12(6)22(27)29-13(14)8-11(5)15-17(30-15)18(24)23(7,28)19(16)32-21(26)10(3)4/h10-11,13-17,19,28H,1,6,8H2,2-5,7H3. The first-order valence-electron chi connectivity index (χ1n) is 10.7. The lowest BCUT2D eigenvalue weighted by Gasteiger charge is -2.40. The number of epoxide rings is 1. The summed E-state index contributed by atoms with van der Waals surface area (Å²) >= 11 is 0. The van der Waals surface area contributed by atoms with Gasteiger partial charge in [-0.15, -0.1) is 0 Å². The lowest BCUT2D eigenvalue weighted by molar-refractivity contribution is -0.199. The molecule has 3 fully saturated rings. The van der Waals surface area contributed by atoms with Gasteiger partial charge in [-0.3, -0.25) is 9.59 Å². The minimum absolute atomic E-state index is 0.00407. The third-order valence-corrected chi connectivity index (χ3v) is 6.28. The van der Waals surface area contributed by atoms with Crippen molar-refractivity contribution in [3.05, 3.63) is 24.3 Å².